The molecule has 1 N–H and O–H groups in total. The summed E-state index contributed by atoms with van der Waals surface area (Å²) >= 11 is 0. The van der Waals surface area contributed by atoms with Crippen molar-refractivity contribution in [1.29, 1.82) is 0 Å². The molecule has 1 aliphatic rings. The summed E-state index contributed by atoms with van der Waals surface area (Å²) in [5.74, 6) is 0. The van der Waals surface area contributed by atoms with E-state index in [2.05, 4.69) is 36.5 Å². The molecule has 0 aliphatic carbocycles. The molecule has 1 aliphatic heterocycles. The van der Waals surface area contributed by atoms with E-state index in [4.69, 9.17) is 4.74 Å². The average molecular weight is 205 g/mol. The molecular weight excluding hydrogens is 186 g/mol. The first-order valence-electron chi connectivity index (χ1n) is 5.60. The van der Waals surface area contributed by atoms with Crippen LogP contribution in [0.5, 0.6) is 0 Å². The predicted octanol–water partition coefficient (Wildman–Crippen LogP) is 2.22. The second-order valence-electron chi connectivity index (χ2n) is 4.34. The molecule has 0 bridgehead atoms. The molecule has 1 fully saturated rings. The summed E-state index contributed by atoms with van der Waals surface area (Å²) in [4.78, 5) is 0. The Morgan fingerprint density at radius 2 is 2.00 bits per heavy atom. The van der Waals surface area contributed by atoms with Crippen LogP contribution in [0.25, 0.3) is 0 Å². The Bertz CT molecular complexity index is 312. The van der Waals surface area contributed by atoms with Crippen molar-refractivity contribution < 1.29 is 4.74 Å². The van der Waals surface area contributed by atoms with Crippen LogP contribution in [0.2, 0.25) is 0 Å². The van der Waals surface area contributed by atoms with E-state index in [0.717, 1.165) is 19.5 Å². The first kappa shape index (κ1) is 10.7. The van der Waals surface area contributed by atoms with Crippen LogP contribution in [0, 0.1) is 6.92 Å². The molecule has 0 aromatic heterocycles. The molecule has 0 spiro atoms. The highest BCUT2D eigenvalue weighted by Crippen LogP contribution is 2.31. The van der Waals surface area contributed by atoms with Crippen molar-refractivity contribution in [3.05, 3.63) is 35.4 Å². The molecule has 15 heavy (non-hydrogen) atoms. The average Bonchev–Trinajstić information content (AvgIpc) is 2.31. The van der Waals surface area contributed by atoms with E-state index in [1.54, 1.807) is 0 Å². The van der Waals surface area contributed by atoms with E-state index in [1.165, 1.54) is 17.5 Å². The van der Waals surface area contributed by atoms with Gasteiger partial charge in [-0.15, -0.1) is 0 Å². The van der Waals surface area contributed by atoms with Crippen molar-refractivity contribution in [2.24, 2.45) is 0 Å². The predicted molar refractivity (Wildman–Crippen MR) is 62.0 cm³/mol. The van der Waals surface area contributed by atoms with Crippen LogP contribution in [0.15, 0.2) is 24.3 Å². The van der Waals surface area contributed by atoms with Gasteiger partial charge in [0, 0.05) is 13.7 Å². The molecule has 1 saturated heterocycles. The summed E-state index contributed by atoms with van der Waals surface area (Å²) in [5, 5.41) is 3.41. The third-order valence-corrected chi connectivity index (χ3v) is 3.31. The van der Waals surface area contributed by atoms with E-state index in [0.29, 0.717) is 0 Å². The standard InChI is InChI=1S/C13H19NO/c1-11-4-6-12(7-5-11)13(15-2)8-3-9-14-10-13/h4-7,14H,3,8-10H2,1-2H3. The normalized spacial score (nSPS) is 26.5. The van der Waals surface area contributed by atoms with Gasteiger partial charge in [-0.25, -0.2) is 0 Å². The van der Waals surface area contributed by atoms with Gasteiger partial charge in [0.1, 0.15) is 5.60 Å². The van der Waals surface area contributed by atoms with Gasteiger partial charge in [-0.1, -0.05) is 29.8 Å². The van der Waals surface area contributed by atoms with Gasteiger partial charge < -0.3 is 10.1 Å². The molecule has 1 aromatic rings. The van der Waals surface area contributed by atoms with Gasteiger partial charge >= 0.3 is 0 Å². The Morgan fingerprint density at radius 1 is 1.27 bits per heavy atom. The molecule has 2 heteroatoms. The summed E-state index contributed by atoms with van der Waals surface area (Å²) in [6.45, 7) is 4.14. The van der Waals surface area contributed by atoms with Crippen LogP contribution in [0.1, 0.15) is 24.0 Å². The number of nitrogens with one attached hydrogen (secondary N) is 1. The number of ether oxygens (including phenoxy) is 1. The number of benzene rings is 1. The Hall–Kier alpha value is -0.860. The Labute approximate surface area is 91.6 Å². The van der Waals surface area contributed by atoms with E-state index in [1.807, 2.05) is 7.11 Å². The van der Waals surface area contributed by atoms with Gasteiger partial charge in [0.05, 0.1) is 0 Å². The molecule has 1 heterocycles. The summed E-state index contributed by atoms with van der Waals surface area (Å²) in [5.41, 5.74) is 2.49. The third-order valence-electron chi connectivity index (χ3n) is 3.31. The van der Waals surface area contributed by atoms with Crippen molar-refractivity contribution in [2.75, 3.05) is 20.2 Å². The molecule has 0 radical (unpaired) electrons. The van der Waals surface area contributed by atoms with E-state index >= 15 is 0 Å². The highest BCUT2D eigenvalue weighted by Gasteiger charge is 2.33. The number of hydrogen-bond acceptors (Lipinski definition) is 2. The minimum atomic E-state index is -0.105. The van der Waals surface area contributed by atoms with Crippen molar-refractivity contribution in [2.45, 2.75) is 25.4 Å². The Morgan fingerprint density at radius 3 is 2.53 bits per heavy atom. The molecule has 2 rings (SSSR count). The minimum absolute atomic E-state index is 0.105. The summed E-state index contributed by atoms with van der Waals surface area (Å²) in [6, 6.07) is 8.69. The van der Waals surface area contributed by atoms with Gasteiger partial charge in [-0.3, -0.25) is 0 Å². The topological polar surface area (TPSA) is 21.3 Å². The SMILES string of the molecule is COC1(c2ccc(C)cc2)CCCNC1. The molecule has 82 valence electrons. The summed E-state index contributed by atoms with van der Waals surface area (Å²) in [6.07, 6.45) is 2.29. The van der Waals surface area contributed by atoms with Crippen molar-refractivity contribution >= 4 is 0 Å². The number of rotatable bonds is 2. The highest BCUT2D eigenvalue weighted by molar-refractivity contribution is 5.27. The highest BCUT2D eigenvalue weighted by atomic mass is 16.5. The van der Waals surface area contributed by atoms with Gasteiger partial charge in [0.2, 0.25) is 0 Å². The van der Waals surface area contributed by atoms with E-state index < -0.39 is 0 Å². The lowest BCUT2D eigenvalue weighted by Gasteiger charge is -2.37. The molecular formula is C13H19NO. The zero-order valence-corrected chi connectivity index (χ0v) is 9.55. The first-order chi connectivity index (χ1) is 7.27. The number of aryl methyl sites for hydroxylation is 1. The molecule has 2 nitrogen and oxygen atoms in total. The largest absolute Gasteiger partial charge is 0.372 e. The third kappa shape index (κ3) is 2.06. The lowest BCUT2D eigenvalue weighted by Crippen LogP contribution is -2.44. The fourth-order valence-corrected chi connectivity index (χ4v) is 2.27. The number of methoxy groups -OCH3 is 1. The maximum absolute atomic E-state index is 5.74. The van der Waals surface area contributed by atoms with Crippen LogP contribution >= 0.6 is 0 Å². The Balaban J connectivity index is 2.28. The second kappa shape index (κ2) is 4.33. The Kier molecular flexibility index (Phi) is 3.08. The maximum Gasteiger partial charge on any atom is 0.105 e. The van der Waals surface area contributed by atoms with Crippen molar-refractivity contribution in [3.63, 3.8) is 0 Å². The monoisotopic (exact) mass is 205 g/mol. The zero-order chi connectivity index (χ0) is 10.7. The number of hydrogen-bond donors (Lipinski definition) is 1. The lowest BCUT2D eigenvalue weighted by atomic mass is 9.86. The van der Waals surface area contributed by atoms with Crippen LogP contribution in [0.4, 0.5) is 0 Å². The molecule has 0 amide bonds. The summed E-state index contributed by atoms with van der Waals surface area (Å²) in [7, 11) is 1.81. The first-order valence-corrected chi connectivity index (χ1v) is 5.60. The maximum atomic E-state index is 5.74. The number of piperidine rings is 1. The fourth-order valence-electron chi connectivity index (χ4n) is 2.27. The van der Waals surface area contributed by atoms with Gasteiger partial charge in [0.15, 0.2) is 0 Å². The van der Waals surface area contributed by atoms with Crippen molar-refractivity contribution in [1.82, 2.24) is 5.32 Å². The fraction of sp³-hybridized carbons (Fsp3) is 0.538. The van der Waals surface area contributed by atoms with Gasteiger partial charge in [0.25, 0.3) is 0 Å². The van der Waals surface area contributed by atoms with Crippen LogP contribution < -0.4 is 5.32 Å². The van der Waals surface area contributed by atoms with Crippen LogP contribution in [-0.4, -0.2) is 20.2 Å². The molecule has 0 saturated carbocycles. The van der Waals surface area contributed by atoms with Crippen LogP contribution in [-0.2, 0) is 10.3 Å². The summed E-state index contributed by atoms with van der Waals surface area (Å²) < 4.78 is 5.74. The smallest absolute Gasteiger partial charge is 0.105 e. The van der Waals surface area contributed by atoms with E-state index in [-0.39, 0.29) is 5.60 Å². The quantitative estimate of drug-likeness (QED) is 0.799. The zero-order valence-electron chi connectivity index (χ0n) is 9.55. The van der Waals surface area contributed by atoms with Crippen LogP contribution in [0.3, 0.4) is 0 Å². The molecule has 1 unspecified atom stereocenters. The molecule has 1 aromatic carbocycles. The molecule has 1 atom stereocenters. The van der Waals surface area contributed by atoms with Gasteiger partial charge in [-0.05, 0) is 31.9 Å². The van der Waals surface area contributed by atoms with E-state index in [9.17, 15) is 0 Å². The lowest BCUT2D eigenvalue weighted by molar-refractivity contribution is -0.0333. The van der Waals surface area contributed by atoms with Gasteiger partial charge in [-0.2, -0.15) is 0 Å². The van der Waals surface area contributed by atoms with Crippen molar-refractivity contribution in [3.8, 4) is 0 Å². The minimum Gasteiger partial charge on any atom is -0.372 e. The second-order valence-corrected chi connectivity index (χ2v) is 4.34.